The van der Waals surface area contributed by atoms with E-state index in [4.69, 9.17) is 0 Å². The minimum atomic E-state index is -0.391. The third-order valence-corrected chi connectivity index (χ3v) is 4.24. The topological polar surface area (TPSA) is 72.7 Å². The van der Waals surface area contributed by atoms with Crippen molar-refractivity contribution in [3.05, 3.63) is 62.6 Å². The molecule has 0 aliphatic rings. The highest BCUT2D eigenvalue weighted by Crippen LogP contribution is 2.23. The standard InChI is InChI=1S/C15H13IN4O2/c1-19-13-11(14(21)20(2)15(19)22)17-12(18-13)10(16)8-9-6-4-3-5-7-9/h3-8H,1-2H3,(H,17,18)/b10-8+. The number of H-pyrrole nitrogens is 1. The van der Waals surface area contributed by atoms with Crippen molar-refractivity contribution in [2.75, 3.05) is 0 Å². The van der Waals surface area contributed by atoms with E-state index < -0.39 is 5.69 Å². The molecule has 0 bridgehead atoms. The molecule has 0 spiro atoms. The highest BCUT2D eigenvalue weighted by molar-refractivity contribution is 14.1. The van der Waals surface area contributed by atoms with Gasteiger partial charge < -0.3 is 4.98 Å². The van der Waals surface area contributed by atoms with Gasteiger partial charge in [-0.2, -0.15) is 0 Å². The minimum Gasteiger partial charge on any atom is -0.332 e. The van der Waals surface area contributed by atoms with Gasteiger partial charge in [0, 0.05) is 14.1 Å². The Morgan fingerprint density at radius 3 is 2.55 bits per heavy atom. The molecule has 7 heteroatoms. The van der Waals surface area contributed by atoms with E-state index in [1.807, 2.05) is 36.4 Å². The Bertz CT molecular complexity index is 996. The lowest BCUT2D eigenvalue weighted by molar-refractivity contribution is 0.709. The Labute approximate surface area is 139 Å². The predicted molar refractivity (Wildman–Crippen MR) is 94.9 cm³/mol. The van der Waals surface area contributed by atoms with Crippen LogP contribution in [0.5, 0.6) is 0 Å². The van der Waals surface area contributed by atoms with E-state index >= 15 is 0 Å². The molecule has 6 nitrogen and oxygen atoms in total. The van der Waals surface area contributed by atoms with Crippen LogP contribution in [0.25, 0.3) is 20.8 Å². The first-order valence-electron chi connectivity index (χ1n) is 6.57. The van der Waals surface area contributed by atoms with E-state index in [1.54, 1.807) is 7.05 Å². The molecule has 0 radical (unpaired) electrons. The average Bonchev–Trinajstić information content (AvgIpc) is 2.97. The lowest BCUT2D eigenvalue weighted by Crippen LogP contribution is -2.36. The number of nitrogens with one attached hydrogen (secondary N) is 1. The second kappa shape index (κ2) is 5.56. The van der Waals surface area contributed by atoms with Gasteiger partial charge in [0.2, 0.25) is 0 Å². The van der Waals surface area contributed by atoms with Crippen LogP contribution in [0, 0.1) is 0 Å². The summed E-state index contributed by atoms with van der Waals surface area (Å²) in [4.78, 5) is 31.5. The van der Waals surface area contributed by atoms with Crippen LogP contribution >= 0.6 is 22.6 Å². The van der Waals surface area contributed by atoms with E-state index in [1.165, 1.54) is 11.6 Å². The van der Waals surface area contributed by atoms with Gasteiger partial charge in [0.15, 0.2) is 5.65 Å². The predicted octanol–water partition coefficient (Wildman–Crippen LogP) is 1.89. The number of fused-ring (bicyclic) bond motifs is 1. The fourth-order valence-electron chi connectivity index (χ4n) is 2.20. The van der Waals surface area contributed by atoms with Gasteiger partial charge >= 0.3 is 5.69 Å². The Balaban J connectivity index is 2.20. The van der Waals surface area contributed by atoms with Crippen LogP contribution in [0.4, 0.5) is 0 Å². The lowest BCUT2D eigenvalue weighted by atomic mass is 10.2. The molecule has 0 saturated carbocycles. The molecule has 2 aromatic heterocycles. The normalized spacial score (nSPS) is 12.0. The van der Waals surface area contributed by atoms with Gasteiger partial charge in [-0.3, -0.25) is 13.9 Å². The Morgan fingerprint density at radius 1 is 1.18 bits per heavy atom. The zero-order valence-corrected chi connectivity index (χ0v) is 14.2. The number of halogens is 1. The van der Waals surface area contributed by atoms with Crippen LogP contribution in [-0.4, -0.2) is 19.1 Å². The molecule has 0 atom stereocenters. The van der Waals surface area contributed by atoms with Crippen molar-refractivity contribution in [2.45, 2.75) is 0 Å². The Kier molecular flexibility index (Phi) is 3.73. The summed E-state index contributed by atoms with van der Waals surface area (Å²) >= 11 is 2.16. The number of benzene rings is 1. The first-order chi connectivity index (χ1) is 10.5. The fraction of sp³-hybridized carbons (Fsp3) is 0.133. The van der Waals surface area contributed by atoms with Crippen molar-refractivity contribution in [1.82, 2.24) is 19.1 Å². The van der Waals surface area contributed by atoms with Gasteiger partial charge in [0.1, 0.15) is 11.3 Å². The first kappa shape index (κ1) is 14.8. The number of hydrogen-bond donors (Lipinski definition) is 1. The largest absolute Gasteiger partial charge is 0.332 e. The van der Waals surface area contributed by atoms with Crippen molar-refractivity contribution >= 4 is 43.4 Å². The summed E-state index contributed by atoms with van der Waals surface area (Å²) in [5.41, 5.74) is 0.960. The van der Waals surface area contributed by atoms with E-state index in [-0.39, 0.29) is 5.56 Å². The van der Waals surface area contributed by atoms with E-state index in [0.717, 1.165) is 13.7 Å². The number of rotatable bonds is 2. The highest BCUT2D eigenvalue weighted by atomic mass is 127. The number of aromatic amines is 1. The Hall–Kier alpha value is -2.16. The summed E-state index contributed by atoms with van der Waals surface area (Å²) in [7, 11) is 3.05. The summed E-state index contributed by atoms with van der Waals surface area (Å²) in [6, 6.07) is 9.82. The van der Waals surface area contributed by atoms with Crippen LogP contribution in [-0.2, 0) is 14.1 Å². The molecule has 0 amide bonds. The summed E-state index contributed by atoms with van der Waals surface area (Å²) in [5, 5.41) is 0. The highest BCUT2D eigenvalue weighted by Gasteiger charge is 2.14. The first-order valence-corrected chi connectivity index (χ1v) is 7.65. The molecule has 0 fully saturated rings. The van der Waals surface area contributed by atoms with Crippen LogP contribution in [0.3, 0.4) is 0 Å². The maximum absolute atomic E-state index is 12.2. The molecule has 0 aliphatic carbocycles. The second-order valence-electron chi connectivity index (χ2n) is 4.89. The van der Waals surface area contributed by atoms with Crippen molar-refractivity contribution in [2.24, 2.45) is 14.1 Å². The summed E-state index contributed by atoms with van der Waals surface area (Å²) in [5.74, 6) is 0.567. The molecule has 1 N–H and O–H groups in total. The summed E-state index contributed by atoms with van der Waals surface area (Å²) in [6.45, 7) is 0. The molecule has 2 heterocycles. The molecular formula is C15H13IN4O2. The van der Waals surface area contributed by atoms with E-state index in [2.05, 4.69) is 32.6 Å². The second-order valence-corrected chi connectivity index (χ2v) is 6.05. The van der Waals surface area contributed by atoms with Gasteiger partial charge in [-0.25, -0.2) is 9.78 Å². The number of aromatic nitrogens is 4. The zero-order chi connectivity index (χ0) is 15.9. The molecular weight excluding hydrogens is 395 g/mol. The summed E-state index contributed by atoms with van der Waals surface area (Å²) < 4.78 is 3.29. The fourth-order valence-corrected chi connectivity index (χ4v) is 2.82. The molecule has 0 unspecified atom stereocenters. The number of nitrogens with zero attached hydrogens (tertiary/aromatic N) is 3. The average molecular weight is 408 g/mol. The third-order valence-electron chi connectivity index (χ3n) is 3.41. The van der Waals surface area contributed by atoms with Gasteiger partial charge in [0.05, 0.1) is 3.58 Å². The van der Waals surface area contributed by atoms with Crippen molar-refractivity contribution in [1.29, 1.82) is 0 Å². The molecule has 0 saturated heterocycles. The number of imidazole rings is 1. The van der Waals surface area contributed by atoms with Crippen LogP contribution < -0.4 is 11.2 Å². The van der Waals surface area contributed by atoms with Gasteiger partial charge in [-0.15, -0.1) is 0 Å². The maximum atomic E-state index is 12.2. The smallest absolute Gasteiger partial charge is 0.332 e. The zero-order valence-electron chi connectivity index (χ0n) is 12.0. The van der Waals surface area contributed by atoms with E-state index in [0.29, 0.717) is 17.0 Å². The molecule has 22 heavy (non-hydrogen) atoms. The Morgan fingerprint density at radius 2 is 1.86 bits per heavy atom. The van der Waals surface area contributed by atoms with Crippen molar-refractivity contribution in [3.63, 3.8) is 0 Å². The van der Waals surface area contributed by atoms with Crippen LogP contribution in [0.15, 0.2) is 39.9 Å². The van der Waals surface area contributed by atoms with Crippen LogP contribution in [0.1, 0.15) is 11.4 Å². The van der Waals surface area contributed by atoms with Crippen molar-refractivity contribution in [3.8, 4) is 0 Å². The van der Waals surface area contributed by atoms with Gasteiger partial charge in [0.25, 0.3) is 5.56 Å². The quantitative estimate of drug-likeness (QED) is 0.659. The van der Waals surface area contributed by atoms with Gasteiger partial charge in [-0.05, 0) is 34.2 Å². The number of hydrogen-bond acceptors (Lipinski definition) is 3. The molecule has 0 aliphatic heterocycles. The maximum Gasteiger partial charge on any atom is 0.332 e. The molecule has 1 aromatic carbocycles. The van der Waals surface area contributed by atoms with Crippen molar-refractivity contribution < 1.29 is 0 Å². The third kappa shape index (κ3) is 2.41. The van der Waals surface area contributed by atoms with Gasteiger partial charge in [-0.1, -0.05) is 30.3 Å². The molecule has 3 rings (SSSR count). The monoisotopic (exact) mass is 408 g/mol. The number of aryl methyl sites for hydroxylation is 1. The molecule has 3 aromatic rings. The van der Waals surface area contributed by atoms with E-state index in [9.17, 15) is 9.59 Å². The van der Waals surface area contributed by atoms with Crippen LogP contribution in [0.2, 0.25) is 0 Å². The summed E-state index contributed by atoms with van der Waals surface area (Å²) in [6.07, 6.45) is 1.96. The lowest BCUT2D eigenvalue weighted by Gasteiger charge is -2.00. The molecule has 112 valence electrons. The minimum absolute atomic E-state index is 0.329. The SMILES string of the molecule is Cn1c(=O)c2[nH]c(/C(I)=C\c3ccccc3)nc2n(C)c1=O.